The minimum Gasteiger partial charge on any atom is -0.385 e. The summed E-state index contributed by atoms with van der Waals surface area (Å²) in [6.07, 6.45) is 2.03. The molecule has 1 unspecified atom stereocenters. The number of nitrogens with one attached hydrogen (secondary N) is 1. The largest absolute Gasteiger partial charge is 0.385 e. The lowest BCUT2D eigenvalue weighted by Crippen LogP contribution is -2.55. The summed E-state index contributed by atoms with van der Waals surface area (Å²) in [5.41, 5.74) is 5.38. The molecule has 66 valence electrons. The van der Waals surface area contributed by atoms with Gasteiger partial charge in [-0.25, -0.2) is 4.79 Å². The first kappa shape index (κ1) is 7.91. The minimum absolute atomic E-state index is 0.282. The van der Waals surface area contributed by atoms with Gasteiger partial charge in [0.2, 0.25) is 0 Å². The smallest absolute Gasteiger partial charge is 0.343 e. The zero-order valence-electron chi connectivity index (χ0n) is 6.67. The topological polar surface area (TPSA) is 67.5 Å². The van der Waals surface area contributed by atoms with Gasteiger partial charge in [-0.15, -0.1) is 0 Å². The van der Waals surface area contributed by atoms with Crippen LogP contribution in [0.4, 0.5) is 4.79 Å². The van der Waals surface area contributed by atoms with E-state index in [4.69, 9.17) is 5.73 Å². The third kappa shape index (κ3) is 1.08. The Morgan fingerprint density at radius 2 is 2.50 bits per heavy atom. The summed E-state index contributed by atoms with van der Waals surface area (Å²) in [6.45, 7) is 0. The molecule has 2 amide bonds. The SMILES string of the molecule is NC1=NC(=O)NC12CCCSC2. The van der Waals surface area contributed by atoms with Crippen molar-refractivity contribution in [2.45, 2.75) is 18.4 Å². The molecule has 4 nitrogen and oxygen atoms in total. The van der Waals surface area contributed by atoms with Gasteiger partial charge in [0, 0.05) is 5.75 Å². The van der Waals surface area contributed by atoms with E-state index in [2.05, 4.69) is 10.3 Å². The number of amidine groups is 1. The molecule has 2 rings (SSSR count). The normalized spacial score (nSPS) is 35.0. The molecule has 2 aliphatic heterocycles. The van der Waals surface area contributed by atoms with Crippen molar-refractivity contribution in [2.75, 3.05) is 11.5 Å². The number of carbonyl (C=O) groups is 1. The average molecular weight is 185 g/mol. The number of nitrogens with two attached hydrogens (primary N) is 1. The molecular weight excluding hydrogens is 174 g/mol. The van der Waals surface area contributed by atoms with E-state index >= 15 is 0 Å². The second-order valence-corrected chi connectivity index (χ2v) is 4.27. The van der Waals surface area contributed by atoms with Gasteiger partial charge in [0.25, 0.3) is 0 Å². The first-order valence-corrected chi connectivity index (χ1v) is 5.13. The Labute approximate surface area is 75.0 Å². The fraction of sp³-hybridized carbons (Fsp3) is 0.714. The maximum Gasteiger partial charge on any atom is 0.343 e. The summed E-state index contributed by atoms with van der Waals surface area (Å²) >= 11 is 1.82. The molecule has 12 heavy (non-hydrogen) atoms. The number of aliphatic imine (C=N–C) groups is 1. The third-order valence-corrected chi connectivity index (χ3v) is 3.57. The lowest BCUT2D eigenvalue weighted by Gasteiger charge is -2.32. The monoisotopic (exact) mass is 185 g/mol. The van der Waals surface area contributed by atoms with E-state index < -0.39 is 0 Å². The number of nitrogens with zero attached hydrogens (tertiary/aromatic N) is 1. The molecule has 0 radical (unpaired) electrons. The molecule has 0 aliphatic carbocycles. The number of rotatable bonds is 0. The number of carbonyl (C=O) groups excluding carboxylic acids is 1. The van der Waals surface area contributed by atoms with Crippen molar-refractivity contribution >= 4 is 23.6 Å². The van der Waals surface area contributed by atoms with E-state index in [1.165, 1.54) is 0 Å². The molecule has 1 saturated heterocycles. The first-order valence-electron chi connectivity index (χ1n) is 3.97. The molecule has 5 heteroatoms. The minimum atomic E-state index is -0.306. The number of hydrogen-bond donors (Lipinski definition) is 2. The molecule has 3 N–H and O–H groups in total. The summed E-state index contributed by atoms with van der Waals surface area (Å²) in [5, 5.41) is 2.83. The predicted octanol–water partition coefficient (Wildman–Crippen LogP) is 0.333. The fourth-order valence-electron chi connectivity index (χ4n) is 1.61. The van der Waals surface area contributed by atoms with E-state index in [9.17, 15) is 4.79 Å². The fourth-order valence-corrected chi connectivity index (χ4v) is 2.81. The Morgan fingerprint density at radius 3 is 3.00 bits per heavy atom. The van der Waals surface area contributed by atoms with Crippen molar-refractivity contribution in [1.82, 2.24) is 5.32 Å². The molecule has 0 saturated carbocycles. The molecule has 1 spiro atoms. The van der Waals surface area contributed by atoms with Crippen molar-refractivity contribution < 1.29 is 4.79 Å². The Morgan fingerprint density at radius 1 is 1.67 bits per heavy atom. The molecular formula is C7H11N3OS. The van der Waals surface area contributed by atoms with Crippen LogP contribution in [0.1, 0.15) is 12.8 Å². The summed E-state index contributed by atoms with van der Waals surface area (Å²) in [7, 11) is 0. The summed E-state index contributed by atoms with van der Waals surface area (Å²) in [5.74, 6) is 2.50. The van der Waals surface area contributed by atoms with Crippen LogP contribution in [0, 0.1) is 0 Å². The van der Waals surface area contributed by atoms with Crippen LogP contribution in [0.15, 0.2) is 4.99 Å². The maximum absolute atomic E-state index is 10.9. The van der Waals surface area contributed by atoms with Crippen molar-refractivity contribution in [3.63, 3.8) is 0 Å². The van der Waals surface area contributed by atoms with Crippen LogP contribution < -0.4 is 11.1 Å². The summed E-state index contributed by atoms with van der Waals surface area (Å²) in [6, 6.07) is -0.282. The first-order chi connectivity index (χ1) is 5.73. The van der Waals surface area contributed by atoms with Crippen LogP contribution in [-0.2, 0) is 0 Å². The number of urea groups is 1. The Kier molecular flexibility index (Phi) is 1.75. The van der Waals surface area contributed by atoms with E-state index in [0.717, 1.165) is 24.3 Å². The van der Waals surface area contributed by atoms with Gasteiger partial charge in [-0.05, 0) is 18.6 Å². The molecule has 0 aromatic carbocycles. The van der Waals surface area contributed by atoms with E-state index in [-0.39, 0.29) is 11.6 Å². The van der Waals surface area contributed by atoms with Crippen molar-refractivity contribution in [3.05, 3.63) is 0 Å². The standard InChI is InChI=1S/C7H11N3OS/c8-5-7(10-6(11)9-5)2-1-3-12-4-7/h1-4H2,(H3,8,9,10,11). The van der Waals surface area contributed by atoms with Crippen LogP contribution >= 0.6 is 11.8 Å². The molecule has 1 atom stereocenters. The van der Waals surface area contributed by atoms with Gasteiger partial charge >= 0.3 is 6.03 Å². The maximum atomic E-state index is 10.9. The average Bonchev–Trinajstić information content (AvgIpc) is 2.29. The van der Waals surface area contributed by atoms with Gasteiger partial charge in [0.05, 0.1) is 0 Å². The zero-order chi connectivity index (χ0) is 8.60. The van der Waals surface area contributed by atoms with Gasteiger partial charge in [0.1, 0.15) is 11.4 Å². The second kappa shape index (κ2) is 2.65. The van der Waals surface area contributed by atoms with E-state index in [1.807, 2.05) is 11.8 Å². The predicted molar refractivity (Wildman–Crippen MR) is 49.4 cm³/mol. The second-order valence-electron chi connectivity index (χ2n) is 3.17. The molecule has 2 heterocycles. The summed E-state index contributed by atoms with van der Waals surface area (Å²) < 4.78 is 0. The van der Waals surface area contributed by atoms with Crippen molar-refractivity contribution in [2.24, 2.45) is 10.7 Å². The lowest BCUT2D eigenvalue weighted by atomic mass is 9.95. The van der Waals surface area contributed by atoms with Crippen LogP contribution in [-0.4, -0.2) is 28.9 Å². The highest BCUT2D eigenvalue weighted by Crippen LogP contribution is 2.29. The third-order valence-electron chi connectivity index (χ3n) is 2.30. The highest BCUT2D eigenvalue weighted by molar-refractivity contribution is 7.99. The van der Waals surface area contributed by atoms with Crippen LogP contribution in [0.25, 0.3) is 0 Å². The van der Waals surface area contributed by atoms with Gasteiger partial charge in [0.15, 0.2) is 0 Å². The Hall–Kier alpha value is -0.710. The molecule has 1 fully saturated rings. The molecule has 2 aliphatic rings. The number of amides is 2. The van der Waals surface area contributed by atoms with Crippen LogP contribution in [0.2, 0.25) is 0 Å². The molecule has 0 aromatic rings. The highest BCUT2D eigenvalue weighted by Gasteiger charge is 2.42. The van der Waals surface area contributed by atoms with Gasteiger partial charge in [-0.3, -0.25) is 0 Å². The Bertz CT molecular complexity index is 245. The molecule has 0 bridgehead atoms. The van der Waals surface area contributed by atoms with Gasteiger partial charge < -0.3 is 11.1 Å². The van der Waals surface area contributed by atoms with Crippen LogP contribution in [0.3, 0.4) is 0 Å². The Balaban J connectivity index is 2.21. The quantitative estimate of drug-likeness (QED) is 0.571. The van der Waals surface area contributed by atoms with E-state index in [0.29, 0.717) is 5.84 Å². The molecule has 0 aromatic heterocycles. The highest BCUT2D eigenvalue weighted by atomic mass is 32.2. The zero-order valence-corrected chi connectivity index (χ0v) is 7.49. The van der Waals surface area contributed by atoms with Crippen molar-refractivity contribution in [1.29, 1.82) is 0 Å². The number of thioether (sulfide) groups is 1. The van der Waals surface area contributed by atoms with Gasteiger partial charge in [-0.1, -0.05) is 0 Å². The lowest BCUT2D eigenvalue weighted by molar-refractivity contribution is 0.246. The van der Waals surface area contributed by atoms with E-state index in [1.54, 1.807) is 0 Å². The van der Waals surface area contributed by atoms with Gasteiger partial charge in [-0.2, -0.15) is 16.8 Å². The van der Waals surface area contributed by atoms with Crippen molar-refractivity contribution in [3.8, 4) is 0 Å². The van der Waals surface area contributed by atoms with Crippen LogP contribution in [0.5, 0.6) is 0 Å². The summed E-state index contributed by atoms with van der Waals surface area (Å²) in [4.78, 5) is 14.6. The number of hydrogen-bond acceptors (Lipinski definition) is 3.